The summed E-state index contributed by atoms with van der Waals surface area (Å²) in [4.78, 5) is 23.0. The first-order valence-electron chi connectivity index (χ1n) is 6.54. The van der Waals surface area contributed by atoms with E-state index in [0.29, 0.717) is 12.1 Å². The van der Waals surface area contributed by atoms with Gasteiger partial charge in [-0.3, -0.25) is 9.59 Å². The summed E-state index contributed by atoms with van der Waals surface area (Å²) >= 11 is 0. The van der Waals surface area contributed by atoms with Crippen LogP contribution in [0.25, 0.3) is 0 Å². The summed E-state index contributed by atoms with van der Waals surface area (Å²) in [6.07, 6.45) is 0.893. The van der Waals surface area contributed by atoms with Crippen LogP contribution in [0, 0.1) is 5.82 Å². The van der Waals surface area contributed by atoms with Crippen LogP contribution in [0.15, 0.2) is 24.3 Å². The van der Waals surface area contributed by atoms with Crippen molar-refractivity contribution in [3.8, 4) is 0 Å². The summed E-state index contributed by atoms with van der Waals surface area (Å²) in [5.74, 6) is -0.910. The van der Waals surface area contributed by atoms with Crippen LogP contribution in [0.2, 0.25) is 0 Å². The normalized spacial score (nSPS) is 9.62. The van der Waals surface area contributed by atoms with Crippen LogP contribution in [-0.2, 0) is 16.0 Å². The summed E-state index contributed by atoms with van der Waals surface area (Å²) in [6.45, 7) is 1.33. The maximum atomic E-state index is 12.9. The van der Waals surface area contributed by atoms with Gasteiger partial charge in [0, 0.05) is 6.54 Å². The molecule has 0 bridgehead atoms. The lowest BCUT2D eigenvalue weighted by Gasteiger charge is -2.07. The maximum absolute atomic E-state index is 12.9. The largest absolute Gasteiger partial charge is 0.355 e. The summed E-state index contributed by atoms with van der Waals surface area (Å²) in [5, 5.41) is 8.17. The van der Waals surface area contributed by atoms with Gasteiger partial charge in [-0.25, -0.2) is 4.39 Å². The van der Waals surface area contributed by atoms with Crippen LogP contribution < -0.4 is 16.0 Å². The Morgan fingerprint density at radius 3 is 2.57 bits per heavy atom. The minimum Gasteiger partial charge on any atom is -0.355 e. The highest BCUT2D eigenvalue weighted by molar-refractivity contribution is 5.85. The first-order valence-corrected chi connectivity index (χ1v) is 6.54. The van der Waals surface area contributed by atoms with Crippen LogP contribution in [0.3, 0.4) is 0 Å². The van der Waals surface area contributed by atoms with E-state index in [4.69, 9.17) is 0 Å². The molecule has 1 aromatic rings. The van der Waals surface area contributed by atoms with Gasteiger partial charge in [-0.1, -0.05) is 12.1 Å². The van der Waals surface area contributed by atoms with Crippen molar-refractivity contribution in [1.82, 2.24) is 16.0 Å². The van der Waals surface area contributed by atoms with Gasteiger partial charge in [0.25, 0.3) is 0 Å². The number of carbonyl (C=O) groups excluding carboxylic acids is 2. The standard InChI is InChI=1S/C14H20FN3O2.ClH/c1-16-6-3-7-17-14(20)10-18-13(19)9-11-4-2-5-12(15)8-11;/h2,4-5,8,16H,3,6-7,9-10H2,1H3,(H,17,20)(H,18,19);1H. The highest BCUT2D eigenvalue weighted by Crippen LogP contribution is 2.03. The Kier molecular flexibility index (Phi) is 10.2. The molecule has 0 heterocycles. The third-order valence-electron chi connectivity index (χ3n) is 2.63. The Labute approximate surface area is 130 Å². The van der Waals surface area contributed by atoms with Gasteiger partial charge >= 0.3 is 0 Å². The maximum Gasteiger partial charge on any atom is 0.239 e. The van der Waals surface area contributed by atoms with Crippen molar-refractivity contribution >= 4 is 24.2 Å². The first kappa shape index (κ1) is 19.3. The quantitative estimate of drug-likeness (QED) is 0.616. The number of hydrogen-bond donors (Lipinski definition) is 3. The van der Waals surface area contributed by atoms with E-state index < -0.39 is 0 Å². The van der Waals surface area contributed by atoms with Crippen molar-refractivity contribution in [3.05, 3.63) is 35.6 Å². The van der Waals surface area contributed by atoms with E-state index in [1.807, 2.05) is 7.05 Å². The number of amides is 2. The van der Waals surface area contributed by atoms with E-state index in [2.05, 4.69) is 16.0 Å². The van der Waals surface area contributed by atoms with Crippen molar-refractivity contribution in [2.24, 2.45) is 0 Å². The molecular weight excluding hydrogens is 297 g/mol. The van der Waals surface area contributed by atoms with E-state index in [0.717, 1.165) is 13.0 Å². The molecule has 0 unspecified atom stereocenters. The second-order valence-electron chi connectivity index (χ2n) is 4.39. The molecule has 3 N–H and O–H groups in total. The molecule has 0 atom stereocenters. The molecule has 21 heavy (non-hydrogen) atoms. The highest BCUT2D eigenvalue weighted by atomic mass is 35.5. The van der Waals surface area contributed by atoms with Crippen LogP contribution in [0.1, 0.15) is 12.0 Å². The molecule has 0 aromatic heterocycles. The van der Waals surface area contributed by atoms with Crippen molar-refractivity contribution in [1.29, 1.82) is 0 Å². The average Bonchev–Trinajstić information content (AvgIpc) is 2.41. The molecule has 1 rings (SSSR count). The summed E-state index contributed by atoms with van der Waals surface area (Å²) in [5.41, 5.74) is 0.580. The fourth-order valence-electron chi connectivity index (χ4n) is 1.63. The van der Waals surface area contributed by atoms with E-state index in [-0.39, 0.29) is 43.0 Å². The second kappa shape index (κ2) is 11.0. The van der Waals surface area contributed by atoms with E-state index >= 15 is 0 Å². The first-order chi connectivity index (χ1) is 9.61. The molecule has 7 heteroatoms. The molecule has 0 aliphatic carbocycles. The third kappa shape index (κ3) is 8.99. The lowest BCUT2D eigenvalue weighted by atomic mass is 10.1. The number of halogens is 2. The van der Waals surface area contributed by atoms with Crippen LogP contribution in [0.4, 0.5) is 4.39 Å². The Bertz CT molecular complexity index is 458. The monoisotopic (exact) mass is 317 g/mol. The molecule has 0 saturated heterocycles. The van der Waals surface area contributed by atoms with Gasteiger partial charge in [0.2, 0.25) is 11.8 Å². The molecule has 0 spiro atoms. The Morgan fingerprint density at radius 1 is 1.14 bits per heavy atom. The number of rotatable bonds is 8. The molecule has 2 amide bonds. The average molecular weight is 318 g/mol. The van der Waals surface area contributed by atoms with Crippen LogP contribution in [0.5, 0.6) is 0 Å². The highest BCUT2D eigenvalue weighted by Gasteiger charge is 2.06. The molecule has 1 aromatic carbocycles. The summed E-state index contributed by atoms with van der Waals surface area (Å²) in [6, 6.07) is 5.84. The van der Waals surface area contributed by atoms with E-state index in [1.54, 1.807) is 12.1 Å². The Hall–Kier alpha value is -1.66. The van der Waals surface area contributed by atoms with Crippen molar-refractivity contribution in [3.63, 3.8) is 0 Å². The topological polar surface area (TPSA) is 70.2 Å². The SMILES string of the molecule is CNCCCNC(=O)CNC(=O)Cc1cccc(F)c1.Cl. The van der Waals surface area contributed by atoms with Gasteiger partial charge in [0.15, 0.2) is 0 Å². The molecule has 0 radical (unpaired) electrons. The fourth-order valence-corrected chi connectivity index (χ4v) is 1.63. The van der Waals surface area contributed by atoms with E-state index in [9.17, 15) is 14.0 Å². The van der Waals surface area contributed by atoms with Gasteiger partial charge in [0.05, 0.1) is 13.0 Å². The molecule has 118 valence electrons. The van der Waals surface area contributed by atoms with Crippen molar-refractivity contribution in [2.75, 3.05) is 26.7 Å². The van der Waals surface area contributed by atoms with Gasteiger partial charge in [0.1, 0.15) is 5.82 Å². The number of benzene rings is 1. The lowest BCUT2D eigenvalue weighted by molar-refractivity contribution is -0.125. The molecule has 0 aliphatic rings. The number of hydrogen-bond acceptors (Lipinski definition) is 3. The Morgan fingerprint density at radius 2 is 1.90 bits per heavy atom. The molecule has 0 saturated carbocycles. The van der Waals surface area contributed by atoms with Crippen molar-refractivity contribution in [2.45, 2.75) is 12.8 Å². The second-order valence-corrected chi connectivity index (χ2v) is 4.39. The predicted molar refractivity (Wildman–Crippen MR) is 81.9 cm³/mol. The van der Waals surface area contributed by atoms with Crippen LogP contribution >= 0.6 is 12.4 Å². The summed E-state index contributed by atoms with van der Waals surface area (Å²) in [7, 11) is 1.84. The van der Waals surface area contributed by atoms with Gasteiger partial charge in [-0.05, 0) is 37.7 Å². The van der Waals surface area contributed by atoms with E-state index in [1.165, 1.54) is 12.1 Å². The van der Waals surface area contributed by atoms with Crippen molar-refractivity contribution < 1.29 is 14.0 Å². The molecule has 0 fully saturated rings. The summed E-state index contributed by atoms with van der Waals surface area (Å²) < 4.78 is 12.9. The number of carbonyl (C=O) groups is 2. The Balaban J connectivity index is 0.00000400. The van der Waals surface area contributed by atoms with Crippen LogP contribution in [-0.4, -0.2) is 38.5 Å². The fraction of sp³-hybridized carbons (Fsp3) is 0.429. The number of nitrogens with one attached hydrogen (secondary N) is 3. The van der Waals surface area contributed by atoms with Gasteiger partial charge in [-0.15, -0.1) is 12.4 Å². The zero-order valence-electron chi connectivity index (χ0n) is 11.9. The lowest BCUT2D eigenvalue weighted by Crippen LogP contribution is -2.38. The van der Waals surface area contributed by atoms with Gasteiger partial charge in [-0.2, -0.15) is 0 Å². The minimum atomic E-state index is -0.377. The molecular formula is C14H21ClFN3O2. The zero-order valence-corrected chi connectivity index (χ0v) is 12.8. The third-order valence-corrected chi connectivity index (χ3v) is 2.63. The molecule has 5 nitrogen and oxygen atoms in total. The molecule has 0 aliphatic heterocycles. The smallest absolute Gasteiger partial charge is 0.239 e. The van der Waals surface area contributed by atoms with Gasteiger partial charge < -0.3 is 16.0 Å². The minimum absolute atomic E-state index is 0. The predicted octanol–water partition coefficient (Wildman–Crippen LogP) is 0.632. The zero-order chi connectivity index (χ0) is 14.8.